The Morgan fingerprint density at radius 3 is 2.38 bits per heavy atom. The van der Waals surface area contributed by atoms with Gasteiger partial charge >= 0.3 is 11.9 Å². The molecule has 0 saturated heterocycles. The summed E-state index contributed by atoms with van der Waals surface area (Å²) in [6, 6.07) is 3.33. The highest BCUT2D eigenvalue weighted by molar-refractivity contribution is 6.01. The summed E-state index contributed by atoms with van der Waals surface area (Å²) in [6.07, 6.45) is 2.76. The Bertz CT molecular complexity index is 375. The first-order chi connectivity index (χ1) is 7.47. The molecule has 0 saturated carbocycles. The van der Waals surface area contributed by atoms with E-state index in [-0.39, 0.29) is 6.42 Å². The van der Waals surface area contributed by atoms with Crippen LogP contribution in [0.15, 0.2) is 24.5 Å². The third-order valence-electron chi connectivity index (χ3n) is 2.21. The van der Waals surface area contributed by atoms with Crippen LogP contribution in [0, 0.1) is 0 Å². The third-order valence-corrected chi connectivity index (χ3v) is 2.21. The van der Waals surface area contributed by atoms with Crippen LogP contribution in [0.5, 0.6) is 0 Å². The normalized spacial score (nSPS) is 11.1. The second-order valence-corrected chi connectivity index (χ2v) is 3.33. The summed E-state index contributed by atoms with van der Waals surface area (Å²) in [5, 5.41) is 26.7. The van der Waals surface area contributed by atoms with Gasteiger partial charge < -0.3 is 15.3 Å². The van der Waals surface area contributed by atoms with Crippen molar-refractivity contribution in [1.82, 2.24) is 4.98 Å². The molecule has 3 N–H and O–H groups in total. The van der Waals surface area contributed by atoms with Gasteiger partial charge in [0.1, 0.15) is 0 Å². The highest BCUT2D eigenvalue weighted by Gasteiger charge is 2.44. The van der Waals surface area contributed by atoms with Crippen LogP contribution in [0.3, 0.4) is 0 Å². The number of carboxylic acids is 2. The maximum absolute atomic E-state index is 10.6. The number of aliphatic carboxylic acids is 2. The fourth-order valence-electron chi connectivity index (χ4n) is 1.18. The van der Waals surface area contributed by atoms with Gasteiger partial charge in [-0.2, -0.15) is 0 Å². The summed E-state index contributed by atoms with van der Waals surface area (Å²) in [7, 11) is 0. The molecule has 0 spiro atoms. The van der Waals surface area contributed by atoms with Crippen molar-refractivity contribution in [3.8, 4) is 0 Å². The molecule has 0 unspecified atom stereocenters. The average molecular weight is 225 g/mol. The number of aliphatic hydroxyl groups is 1. The highest BCUT2D eigenvalue weighted by Crippen LogP contribution is 2.15. The summed E-state index contributed by atoms with van der Waals surface area (Å²) < 4.78 is 0. The third kappa shape index (κ3) is 2.54. The molecule has 1 aromatic rings. The molecular formula is C10H11NO5. The van der Waals surface area contributed by atoms with Gasteiger partial charge in [-0.15, -0.1) is 0 Å². The number of hydrogen-bond donors (Lipinski definition) is 3. The molecule has 16 heavy (non-hydrogen) atoms. The van der Waals surface area contributed by atoms with E-state index >= 15 is 0 Å². The quantitative estimate of drug-likeness (QED) is 0.604. The minimum atomic E-state index is -2.74. The number of carboxylic acid groups (broad SMARTS) is 2. The molecule has 0 radical (unpaired) electrons. The van der Waals surface area contributed by atoms with Crippen LogP contribution in [-0.2, 0) is 16.0 Å². The molecule has 0 aliphatic rings. The predicted octanol–water partition coefficient (Wildman–Crippen LogP) is -0.0855. The first-order valence-corrected chi connectivity index (χ1v) is 4.55. The highest BCUT2D eigenvalue weighted by atomic mass is 16.4. The summed E-state index contributed by atoms with van der Waals surface area (Å²) in [4.78, 5) is 25.1. The van der Waals surface area contributed by atoms with Crippen molar-refractivity contribution in [2.24, 2.45) is 0 Å². The number of aromatic nitrogens is 1. The van der Waals surface area contributed by atoms with Gasteiger partial charge in [0.2, 0.25) is 0 Å². The van der Waals surface area contributed by atoms with Crippen molar-refractivity contribution in [3.63, 3.8) is 0 Å². The van der Waals surface area contributed by atoms with Crippen LogP contribution in [-0.4, -0.2) is 37.8 Å². The maximum Gasteiger partial charge on any atom is 0.347 e. The topological polar surface area (TPSA) is 108 Å². The van der Waals surface area contributed by atoms with E-state index in [9.17, 15) is 14.7 Å². The van der Waals surface area contributed by atoms with Gasteiger partial charge in [0.05, 0.1) is 0 Å². The zero-order valence-corrected chi connectivity index (χ0v) is 8.33. The molecule has 1 rings (SSSR count). The van der Waals surface area contributed by atoms with E-state index in [0.717, 1.165) is 0 Å². The lowest BCUT2D eigenvalue weighted by Gasteiger charge is -2.17. The van der Waals surface area contributed by atoms with Gasteiger partial charge in [-0.3, -0.25) is 4.98 Å². The van der Waals surface area contributed by atoms with Gasteiger partial charge in [0, 0.05) is 18.8 Å². The number of aryl methyl sites for hydroxylation is 1. The van der Waals surface area contributed by atoms with Crippen LogP contribution in [0.1, 0.15) is 12.0 Å². The summed E-state index contributed by atoms with van der Waals surface area (Å²) in [5.74, 6) is -3.52. The second kappa shape index (κ2) is 4.71. The van der Waals surface area contributed by atoms with Gasteiger partial charge in [0.25, 0.3) is 5.60 Å². The maximum atomic E-state index is 10.6. The van der Waals surface area contributed by atoms with Crippen molar-refractivity contribution < 1.29 is 24.9 Å². The van der Waals surface area contributed by atoms with Crippen molar-refractivity contribution in [3.05, 3.63) is 30.1 Å². The SMILES string of the molecule is O=C(O)C(O)(CCc1cccnc1)C(=O)O. The molecular weight excluding hydrogens is 214 g/mol. The average Bonchev–Trinajstić information content (AvgIpc) is 2.26. The van der Waals surface area contributed by atoms with E-state index < -0.39 is 24.0 Å². The summed E-state index contributed by atoms with van der Waals surface area (Å²) in [6.45, 7) is 0. The first-order valence-electron chi connectivity index (χ1n) is 4.55. The molecule has 6 heteroatoms. The molecule has 1 heterocycles. The lowest BCUT2D eigenvalue weighted by atomic mass is 9.96. The van der Waals surface area contributed by atoms with Gasteiger partial charge in [-0.25, -0.2) is 9.59 Å². The van der Waals surface area contributed by atoms with E-state index in [1.165, 1.54) is 6.20 Å². The van der Waals surface area contributed by atoms with Crippen LogP contribution in [0.4, 0.5) is 0 Å². The van der Waals surface area contributed by atoms with Crippen LogP contribution >= 0.6 is 0 Å². The standard InChI is InChI=1S/C10H11NO5/c12-8(13)10(16,9(14)15)4-3-7-2-1-5-11-6-7/h1-2,5-6,16H,3-4H2,(H,12,13)(H,14,15). The van der Waals surface area contributed by atoms with Crippen molar-refractivity contribution in [2.75, 3.05) is 0 Å². The Kier molecular flexibility index (Phi) is 3.57. The molecule has 1 aromatic heterocycles. The first kappa shape index (κ1) is 12.1. The molecule has 0 aromatic carbocycles. The number of hydrogen-bond acceptors (Lipinski definition) is 4. The Hall–Kier alpha value is -1.95. The van der Waals surface area contributed by atoms with E-state index in [2.05, 4.69) is 4.98 Å². The van der Waals surface area contributed by atoms with E-state index in [4.69, 9.17) is 10.2 Å². The molecule has 0 bridgehead atoms. The van der Waals surface area contributed by atoms with Gasteiger partial charge in [-0.05, 0) is 18.1 Å². The fourth-order valence-corrected chi connectivity index (χ4v) is 1.18. The van der Waals surface area contributed by atoms with Crippen molar-refractivity contribution in [2.45, 2.75) is 18.4 Å². The zero-order valence-electron chi connectivity index (χ0n) is 8.33. The molecule has 0 amide bonds. The van der Waals surface area contributed by atoms with Gasteiger partial charge in [-0.1, -0.05) is 6.07 Å². The van der Waals surface area contributed by atoms with Crippen LogP contribution in [0.2, 0.25) is 0 Å². The Morgan fingerprint density at radius 1 is 1.31 bits per heavy atom. The molecule has 0 aliphatic heterocycles. The Morgan fingerprint density at radius 2 is 1.94 bits per heavy atom. The molecule has 0 aliphatic carbocycles. The Labute approximate surface area is 91.2 Å². The van der Waals surface area contributed by atoms with Gasteiger partial charge in [0.15, 0.2) is 0 Å². The second-order valence-electron chi connectivity index (χ2n) is 3.33. The zero-order chi connectivity index (χ0) is 12.2. The van der Waals surface area contributed by atoms with Crippen molar-refractivity contribution >= 4 is 11.9 Å². The predicted molar refractivity (Wildman–Crippen MR) is 52.8 cm³/mol. The number of rotatable bonds is 5. The Balaban J connectivity index is 2.72. The lowest BCUT2D eigenvalue weighted by molar-refractivity contribution is -0.176. The van der Waals surface area contributed by atoms with E-state index in [1.807, 2.05) is 0 Å². The fraction of sp³-hybridized carbons (Fsp3) is 0.300. The number of pyridine rings is 1. The van der Waals surface area contributed by atoms with Crippen LogP contribution < -0.4 is 0 Å². The smallest absolute Gasteiger partial charge is 0.347 e. The van der Waals surface area contributed by atoms with Crippen molar-refractivity contribution in [1.29, 1.82) is 0 Å². The molecule has 86 valence electrons. The molecule has 0 atom stereocenters. The lowest BCUT2D eigenvalue weighted by Crippen LogP contribution is -2.46. The molecule has 6 nitrogen and oxygen atoms in total. The minimum absolute atomic E-state index is 0.128. The molecule has 0 fully saturated rings. The minimum Gasteiger partial charge on any atom is -0.479 e. The largest absolute Gasteiger partial charge is 0.479 e. The number of carbonyl (C=O) groups is 2. The number of nitrogens with zero attached hydrogens (tertiary/aromatic N) is 1. The summed E-state index contributed by atoms with van der Waals surface area (Å²) in [5.41, 5.74) is -2.07. The summed E-state index contributed by atoms with van der Waals surface area (Å²) >= 11 is 0. The van der Waals surface area contributed by atoms with E-state index in [1.54, 1.807) is 18.3 Å². The monoisotopic (exact) mass is 225 g/mol. The van der Waals surface area contributed by atoms with E-state index in [0.29, 0.717) is 5.56 Å². The van der Waals surface area contributed by atoms with Crippen LogP contribution in [0.25, 0.3) is 0 Å².